The molecule has 0 amide bonds. The molecule has 9 heteroatoms. The Kier molecular flexibility index (Phi) is 7.81. The number of aliphatic carboxylic acids is 1. The van der Waals surface area contributed by atoms with Crippen molar-refractivity contribution in [1.82, 2.24) is 0 Å². The van der Waals surface area contributed by atoms with Gasteiger partial charge in [-0.15, -0.1) is 0 Å². The lowest BCUT2D eigenvalue weighted by molar-refractivity contribution is -0.160. The SMILES string of the molecule is CC(=O)OC[C@]1(C)C(=O)CC[C@]2(C)C3=C(C(=O)C[C@@H]12)[C@]1(C)[C@H](O)C[C@H]([C@H](C)CC(=O)C[C@H](C)C(=O)O)[C@@]1(C)CC3=O. The smallest absolute Gasteiger partial charge is 0.306 e. The third-order valence-electron chi connectivity index (χ3n) is 11.8. The maximum atomic E-state index is 14.2. The van der Waals surface area contributed by atoms with Crippen LogP contribution in [-0.2, 0) is 33.5 Å². The van der Waals surface area contributed by atoms with Crippen LogP contribution in [0.5, 0.6) is 0 Å². The number of fused-ring (bicyclic) bond motifs is 4. The van der Waals surface area contributed by atoms with E-state index in [1.807, 2.05) is 27.7 Å². The summed E-state index contributed by atoms with van der Waals surface area (Å²) in [6.07, 6.45) is 0.127. The predicted molar refractivity (Wildman–Crippen MR) is 147 cm³/mol. The van der Waals surface area contributed by atoms with E-state index in [0.717, 1.165) is 0 Å². The van der Waals surface area contributed by atoms with Crippen molar-refractivity contribution < 1.29 is 43.7 Å². The van der Waals surface area contributed by atoms with Gasteiger partial charge in [-0.2, -0.15) is 0 Å². The first-order chi connectivity index (χ1) is 18.8. The number of esters is 1. The van der Waals surface area contributed by atoms with Gasteiger partial charge in [0.15, 0.2) is 11.6 Å². The molecule has 2 saturated carbocycles. The number of carboxylic acid groups (broad SMARTS) is 1. The van der Waals surface area contributed by atoms with E-state index >= 15 is 0 Å². The molecule has 0 radical (unpaired) electrons. The summed E-state index contributed by atoms with van der Waals surface area (Å²) in [5.74, 6) is -4.04. The Hall–Kier alpha value is -2.68. The molecule has 0 heterocycles. The van der Waals surface area contributed by atoms with Crippen molar-refractivity contribution in [2.24, 2.45) is 45.3 Å². The fourth-order valence-electron chi connectivity index (χ4n) is 9.20. The van der Waals surface area contributed by atoms with Crippen molar-refractivity contribution in [3.05, 3.63) is 11.1 Å². The maximum absolute atomic E-state index is 14.2. The highest BCUT2D eigenvalue weighted by Gasteiger charge is 2.70. The molecule has 9 nitrogen and oxygen atoms in total. The predicted octanol–water partition coefficient (Wildman–Crippen LogP) is 3.88. The number of carbonyl (C=O) groups excluding carboxylic acids is 5. The van der Waals surface area contributed by atoms with E-state index in [-0.39, 0.29) is 73.7 Å². The van der Waals surface area contributed by atoms with Gasteiger partial charge in [0.1, 0.15) is 18.2 Å². The highest BCUT2D eigenvalue weighted by molar-refractivity contribution is 6.12. The van der Waals surface area contributed by atoms with Gasteiger partial charge >= 0.3 is 11.9 Å². The second-order valence-corrected chi connectivity index (χ2v) is 14.2. The zero-order valence-corrected chi connectivity index (χ0v) is 25.3. The Bertz CT molecular complexity index is 1250. The van der Waals surface area contributed by atoms with Gasteiger partial charge in [0.25, 0.3) is 0 Å². The molecule has 0 bridgehead atoms. The maximum Gasteiger partial charge on any atom is 0.306 e. The molecular formula is C32H44O9. The van der Waals surface area contributed by atoms with E-state index in [1.165, 1.54) is 13.8 Å². The number of aliphatic hydroxyl groups is 1. The summed E-state index contributed by atoms with van der Waals surface area (Å²) in [4.78, 5) is 77.2. The molecule has 226 valence electrons. The molecule has 4 aliphatic rings. The largest absolute Gasteiger partial charge is 0.481 e. The van der Waals surface area contributed by atoms with Crippen molar-refractivity contribution in [2.45, 2.75) is 99.5 Å². The van der Waals surface area contributed by atoms with Crippen molar-refractivity contribution in [3.8, 4) is 0 Å². The monoisotopic (exact) mass is 572 g/mol. The fraction of sp³-hybridized carbons (Fsp3) is 0.750. The minimum atomic E-state index is -1.12. The number of carboxylic acids is 1. The lowest BCUT2D eigenvalue weighted by Gasteiger charge is -2.59. The van der Waals surface area contributed by atoms with Gasteiger partial charge in [-0.1, -0.05) is 34.6 Å². The van der Waals surface area contributed by atoms with E-state index in [9.17, 15) is 39.0 Å². The average molecular weight is 573 g/mol. The molecule has 41 heavy (non-hydrogen) atoms. The normalized spacial score (nSPS) is 39.9. The molecule has 0 aromatic carbocycles. The lowest BCUT2D eigenvalue weighted by Crippen LogP contribution is -2.61. The average Bonchev–Trinajstić information content (AvgIpc) is 3.07. The molecule has 0 spiro atoms. The third-order valence-corrected chi connectivity index (χ3v) is 11.8. The van der Waals surface area contributed by atoms with E-state index < -0.39 is 51.5 Å². The zero-order chi connectivity index (χ0) is 30.9. The zero-order valence-electron chi connectivity index (χ0n) is 25.3. The molecule has 9 atom stereocenters. The number of hydrogen-bond acceptors (Lipinski definition) is 8. The van der Waals surface area contributed by atoms with Crippen LogP contribution in [0, 0.1) is 45.3 Å². The van der Waals surface area contributed by atoms with E-state index in [1.54, 1.807) is 6.92 Å². The Morgan fingerprint density at radius 3 is 2.22 bits per heavy atom. The van der Waals surface area contributed by atoms with Crippen LogP contribution in [-0.4, -0.2) is 58.0 Å². The van der Waals surface area contributed by atoms with E-state index in [4.69, 9.17) is 4.74 Å². The van der Waals surface area contributed by atoms with Crippen LogP contribution in [0.3, 0.4) is 0 Å². The van der Waals surface area contributed by atoms with Gasteiger partial charge in [-0.3, -0.25) is 28.8 Å². The number of carbonyl (C=O) groups is 6. The minimum Gasteiger partial charge on any atom is -0.481 e. The second-order valence-electron chi connectivity index (χ2n) is 14.2. The molecule has 4 aliphatic carbocycles. The van der Waals surface area contributed by atoms with Crippen molar-refractivity contribution in [3.63, 3.8) is 0 Å². The Morgan fingerprint density at radius 1 is 1.00 bits per heavy atom. The van der Waals surface area contributed by atoms with Crippen molar-refractivity contribution in [2.75, 3.05) is 6.61 Å². The first-order valence-corrected chi connectivity index (χ1v) is 14.8. The molecule has 0 aromatic heterocycles. The Labute approximate surface area is 241 Å². The summed E-state index contributed by atoms with van der Waals surface area (Å²) in [5, 5.41) is 20.9. The summed E-state index contributed by atoms with van der Waals surface area (Å²) in [5.41, 5.74) is -2.98. The summed E-state index contributed by atoms with van der Waals surface area (Å²) >= 11 is 0. The first-order valence-electron chi connectivity index (χ1n) is 14.8. The van der Waals surface area contributed by atoms with Gasteiger partial charge in [0.2, 0.25) is 0 Å². The minimum absolute atomic E-state index is 0.0102. The van der Waals surface area contributed by atoms with Crippen LogP contribution >= 0.6 is 0 Å². The summed E-state index contributed by atoms with van der Waals surface area (Å²) in [6.45, 7) is 12.0. The van der Waals surface area contributed by atoms with Crippen molar-refractivity contribution in [1.29, 1.82) is 0 Å². The van der Waals surface area contributed by atoms with Crippen LogP contribution in [0.15, 0.2) is 11.1 Å². The number of ether oxygens (including phenoxy) is 1. The van der Waals surface area contributed by atoms with Gasteiger partial charge in [-0.05, 0) is 42.9 Å². The number of ketones is 4. The second kappa shape index (κ2) is 10.2. The number of aliphatic hydroxyl groups excluding tert-OH is 1. The quantitative estimate of drug-likeness (QED) is 0.413. The van der Waals surface area contributed by atoms with Gasteiger partial charge < -0.3 is 14.9 Å². The Morgan fingerprint density at radius 2 is 1.63 bits per heavy atom. The topological polar surface area (TPSA) is 152 Å². The Balaban J connectivity index is 1.75. The van der Waals surface area contributed by atoms with Crippen LogP contribution in [0.4, 0.5) is 0 Å². The van der Waals surface area contributed by atoms with Gasteiger partial charge in [-0.25, -0.2) is 0 Å². The molecule has 0 unspecified atom stereocenters. The lowest BCUT2D eigenvalue weighted by atomic mass is 9.42. The number of Topliss-reactive ketones (excluding diaryl/α,β-unsaturated/α-hetero) is 4. The van der Waals surface area contributed by atoms with Crippen LogP contribution in [0.1, 0.15) is 93.4 Å². The van der Waals surface area contributed by atoms with Gasteiger partial charge in [0.05, 0.1) is 17.4 Å². The van der Waals surface area contributed by atoms with Crippen LogP contribution < -0.4 is 0 Å². The van der Waals surface area contributed by atoms with E-state index in [0.29, 0.717) is 24.0 Å². The molecule has 0 aliphatic heterocycles. The summed E-state index contributed by atoms with van der Waals surface area (Å²) in [7, 11) is 0. The number of rotatable bonds is 8. The number of hydrogen-bond donors (Lipinski definition) is 2. The van der Waals surface area contributed by atoms with Crippen LogP contribution in [0.2, 0.25) is 0 Å². The fourth-order valence-corrected chi connectivity index (χ4v) is 9.20. The highest BCUT2D eigenvalue weighted by atomic mass is 16.5. The van der Waals surface area contributed by atoms with Crippen molar-refractivity contribution >= 4 is 35.1 Å². The summed E-state index contributed by atoms with van der Waals surface area (Å²) in [6, 6.07) is 0. The first kappa shape index (κ1) is 31.3. The van der Waals surface area contributed by atoms with E-state index in [2.05, 4.69) is 0 Å². The molecule has 2 fully saturated rings. The molecular weight excluding hydrogens is 528 g/mol. The number of allylic oxidation sites excluding steroid dienone is 1. The highest BCUT2D eigenvalue weighted by Crippen LogP contribution is 2.71. The van der Waals surface area contributed by atoms with Gasteiger partial charge in [0, 0.05) is 61.0 Å². The standard InChI is InChI=1S/C32H44O9/c1-16(10-19(34)11-17(2)28(39)40)20-12-25(38)32(7)27-21(35)13-23-29(4,26(27)22(36)14-31(20,32)6)9-8-24(37)30(23,5)15-41-18(3)33/h16-17,20,23,25,38H,8-15H2,1-7H3,(H,39,40)/t16-,17+,20-,23-,25-,29+,30+,31-,32+/m1/s1. The third kappa shape index (κ3) is 4.54. The molecule has 2 N–H and O–H groups in total. The summed E-state index contributed by atoms with van der Waals surface area (Å²) < 4.78 is 5.31. The molecule has 4 rings (SSSR count). The van der Waals surface area contributed by atoms with Crippen LogP contribution in [0.25, 0.3) is 0 Å². The molecule has 0 saturated heterocycles. The molecule has 0 aromatic rings.